The van der Waals surface area contributed by atoms with Crippen LogP contribution in [0.5, 0.6) is 0 Å². The van der Waals surface area contributed by atoms with E-state index in [1.54, 1.807) is 23.7 Å². The Morgan fingerprint density at radius 3 is 2.07 bits per heavy atom. The summed E-state index contributed by atoms with van der Waals surface area (Å²) in [5, 5.41) is 0.982. The summed E-state index contributed by atoms with van der Waals surface area (Å²) in [6, 6.07) is 47.0. The van der Waals surface area contributed by atoms with E-state index in [-0.39, 0.29) is 20.1 Å². The van der Waals surface area contributed by atoms with Gasteiger partial charge in [0.2, 0.25) is 0 Å². The summed E-state index contributed by atoms with van der Waals surface area (Å²) >= 11 is 1.69. The molecule has 1 radical (unpaired) electrons. The predicted octanol–water partition coefficient (Wildman–Crippen LogP) is 10.2. The van der Waals surface area contributed by atoms with E-state index in [1.807, 2.05) is 92.7 Å². The Morgan fingerprint density at radius 2 is 1.40 bits per heavy atom. The fourth-order valence-electron chi connectivity index (χ4n) is 4.60. The van der Waals surface area contributed by atoms with Crippen molar-refractivity contribution in [3.63, 3.8) is 0 Å². The van der Waals surface area contributed by atoms with Gasteiger partial charge in [0.25, 0.3) is 0 Å². The third-order valence-electron chi connectivity index (χ3n) is 6.78. The first-order valence-electron chi connectivity index (χ1n) is 14.3. The van der Waals surface area contributed by atoms with Gasteiger partial charge in [-0.25, -0.2) is 0 Å². The van der Waals surface area contributed by atoms with Gasteiger partial charge in [0, 0.05) is 39.4 Å². The monoisotopic (exact) mass is 753 g/mol. The molecule has 0 aliphatic carbocycles. The van der Waals surface area contributed by atoms with Crippen LogP contribution in [0.1, 0.15) is 26.7 Å². The van der Waals surface area contributed by atoms with Crippen LogP contribution in [0.2, 0.25) is 0 Å². The summed E-state index contributed by atoms with van der Waals surface area (Å²) < 4.78 is 9.51. The van der Waals surface area contributed by atoms with E-state index in [0.29, 0.717) is 0 Å². The normalized spacial score (nSPS) is 11.2. The standard InChI is InChI=1S/C27H21N2S.C11H8N.Ir/c1-18(2)21-13-14-28-24(16-21)22-15-23(19-9-5-3-6-10-19)26-25(17-22)29-27(30-26)20-11-7-4-8-12-20;1-2-6-10(7-3-1)11-8-4-5-9-12-11;/h3-16,18H,1-2H3;1-6,8-9H;/q2*-1;/i18D;;. The Labute approximate surface area is 272 Å². The molecule has 0 aliphatic rings. The van der Waals surface area contributed by atoms with Gasteiger partial charge < -0.3 is 9.97 Å². The molecule has 0 saturated heterocycles. The molecule has 0 amide bonds. The van der Waals surface area contributed by atoms with Gasteiger partial charge in [-0.3, -0.25) is 4.98 Å². The van der Waals surface area contributed by atoms with Crippen molar-refractivity contribution in [3.05, 3.63) is 151 Å². The first-order valence-corrected chi connectivity index (χ1v) is 14.6. The molecular weight excluding hydrogens is 723 g/mol. The molecule has 0 spiro atoms. The third-order valence-corrected chi connectivity index (χ3v) is 7.92. The van der Waals surface area contributed by atoms with Crippen molar-refractivity contribution in [2.45, 2.75) is 19.7 Å². The summed E-state index contributed by atoms with van der Waals surface area (Å²) in [6.45, 7) is 3.78. The maximum absolute atomic E-state index is 8.39. The molecule has 7 rings (SSSR count). The van der Waals surface area contributed by atoms with Crippen molar-refractivity contribution in [2.24, 2.45) is 0 Å². The number of thiazole rings is 1. The number of rotatable bonds is 5. The largest absolute Gasteiger partial charge is 0.305 e. The number of pyridine rings is 2. The minimum absolute atomic E-state index is 0. The molecule has 0 N–H and O–H groups in total. The Bertz CT molecular complexity index is 1900. The summed E-state index contributed by atoms with van der Waals surface area (Å²) in [5.74, 6) is -0.689. The van der Waals surface area contributed by atoms with Crippen molar-refractivity contribution in [1.29, 1.82) is 0 Å². The molecule has 0 aliphatic heterocycles. The second-order valence-corrected chi connectivity index (χ2v) is 10.9. The number of hydrogen-bond donors (Lipinski definition) is 0. The van der Waals surface area contributed by atoms with E-state index in [1.165, 1.54) is 0 Å². The number of nitrogens with zero attached hydrogens (tertiary/aromatic N) is 3. The van der Waals surface area contributed by atoms with Gasteiger partial charge in [0.15, 0.2) is 0 Å². The molecule has 43 heavy (non-hydrogen) atoms. The van der Waals surface area contributed by atoms with E-state index >= 15 is 0 Å². The number of hydrogen-bond acceptors (Lipinski definition) is 4. The average molecular weight is 753 g/mol. The minimum Gasteiger partial charge on any atom is -0.305 e. The summed E-state index contributed by atoms with van der Waals surface area (Å²) in [6.07, 6.45) is 3.56. The number of benzene rings is 4. The van der Waals surface area contributed by atoms with Crippen molar-refractivity contribution >= 4 is 21.6 Å². The van der Waals surface area contributed by atoms with E-state index in [9.17, 15) is 0 Å². The van der Waals surface area contributed by atoms with Gasteiger partial charge in [0.1, 0.15) is 5.01 Å². The summed E-state index contributed by atoms with van der Waals surface area (Å²) in [5.41, 5.74) is 8.86. The first kappa shape index (κ1) is 28.8. The zero-order valence-corrected chi connectivity index (χ0v) is 27.0. The van der Waals surface area contributed by atoms with Gasteiger partial charge >= 0.3 is 0 Å². The SMILES string of the molecule is [2H]C(C)(C)c1ccnc(-c2[c-]c3nc(-c4ccccc4)sc3c(-c3ccccc3)c2)c1.[Ir].[c-]1ccccc1-c1ccccn1. The van der Waals surface area contributed by atoms with E-state index < -0.39 is 5.89 Å². The van der Waals surface area contributed by atoms with Crippen LogP contribution in [-0.4, -0.2) is 15.0 Å². The van der Waals surface area contributed by atoms with Gasteiger partial charge in [-0.15, -0.1) is 53.6 Å². The fraction of sp³-hybridized carbons (Fsp3) is 0.0789. The Balaban J connectivity index is 0.000000248. The molecule has 0 atom stereocenters. The van der Waals surface area contributed by atoms with Crippen molar-refractivity contribution in [2.75, 3.05) is 0 Å². The number of fused-ring (bicyclic) bond motifs is 1. The van der Waals surface area contributed by atoms with Crippen molar-refractivity contribution in [3.8, 4) is 44.2 Å². The fourth-order valence-corrected chi connectivity index (χ4v) is 5.66. The van der Waals surface area contributed by atoms with Crippen LogP contribution in [0, 0.1) is 12.1 Å². The molecule has 3 aromatic heterocycles. The first-order chi connectivity index (χ1) is 21.0. The van der Waals surface area contributed by atoms with E-state index in [4.69, 9.17) is 6.35 Å². The molecule has 5 heteroatoms. The Kier molecular flexibility index (Phi) is 9.56. The van der Waals surface area contributed by atoms with Crippen molar-refractivity contribution < 1.29 is 21.5 Å². The smallest absolute Gasteiger partial charge is 0.113 e. The molecule has 4 aromatic carbocycles. The van der Waals surface area contributed by atoms with E-state index in [2.05, 4.69) is 64.6 Å². The van der Waals surface area contributed by atoms with Crippen LogP contribution in [0.4, 0.5) is 0 Å². The second kappa shape index (κ2) is 14.3. The summed E-state index contributed by atoms with van der Waals surface area (Å²) in [4.78, 5) is 13.7. The predicted molar refractivity (Wildman–Crippen MR) is 175 cm³/mol. The maximum Gasteiger partial charge on any atom is 0.113 e. The van der Waals surface area contributed by atoms with Crippen LogP contribution < -0.4 is 0 Å². The van der Waals surface area contributed by atoms with Gasteiger partial charge in [0.05, 0.1) is 0 Å². The maximum atomic E-state index is 8.39. The zero-order valence-electron chi connectivity index (χ0n) is 24.8. The summed E-state index contributed by atoms with van der Waals surface area (Å²) in [7, 11) is 0. The van der Waals surface area contributed by atoms with Crippen LogP contribution in [-0.2, 0) is 20.1 Å². The van der Waals surface area contributed by atoms with Crippen LogP contribution in [0.15, 0.2) is 134 Å². The van der Waals surface area contributed by atoms with E-state index in [0.717, 1.165) is 60.0 Å². The second-order valence-electron chi connectivity index (χ2n) is 9.95. The van der Waals surface area contributed by atoms with Gasteiger partial charge in [-0.05, 0) is 45.2 Å². The molecule has 0 fully saturated rings. The quantitative estimate of drug-likeness (QED) is 0.164. The molecule has 0 bridgehead atoms. The van der Waals surface area contributed by atoms with Crippen LogP contribution >= 0.6 is 11.3 Å². The molecule has 0 saturated carbocycles. The van der Waals surface area contributed by atoms with Crippen LogP contribution in [0.25, 0.3) is 54.4 Å². The molecule has 3 nitrogen and oxygen atoms in total. The topological polar surface area (TPSA) is 38.7 Å². The van der Waals surface area contributed by atoms with Crippen LogP contribution in [0.3, 0.4) is 0 Å². The Hall–Kier alpha value is -4.28. The number of aromatic nitrogens is 3. The van der Waals surface area contributed by atoms with Gasteiger partial charge in [-0.1, -0.05) is 104 Å². The minimum atomic E-state index is -0.689. The molecular formula is C38H29IrN3S-2. The molecule has 0 unspecified atom stereocenters. The van der Waals surface area contributed by atoms with Crippen molar-refractivity contribution in [1.82, 2.24) is 15.0 Å². The van der Waals surface area contributed by atoms with Gasteiger partial charge in [-0.2, -0.15) is 11.3 Å². The Morgan fingerprint density at radius 1 is 0.698 bits per heavy atom. The molecule has 7 aromatic rings. The average Bonchev–Trinajstić information content (AvgIpc) is 3.51. The molecule has 3 heterocycles. The third kappa shape index (κ3) is 7.21. The molecule has 213 valence electrons. The zero-order chi connectivity index (χ0) is 29.6.